The van der Waals surface area contributed by atoms with Crippen LogP contribution in [0.2, 0.25) is 0 Å². The molecule has 0 spiro atoms. The van der Waals surface area contributed by atoms with Crippen molar-refractivity contribution in [3.8, 4) is 0 Å². The van der Waals surface area contributed by atoms with Gasteiger partial charge >= 0.3 is 6.09 Å². The molecule has 1 aromatic rings. The molecule has 230 valence electrons. The van der Waals surface area contributed by atoms with Gasteiger partial charge in [-0.05, 0) is 116 Å². The zero-order chi connectivity index (χ0) is 29.8. The number of rotatable bonds is 7. The average molecular weight is 570 g/mol. The van der Waals surface area contributed by atoms with Gasteiger partial charge in [-0.15, -0.1) is 0 Å². The van der Waals surface area contributed by atoms with E-state index in [1.807, 2.05) is 37.3 Å². The molecule has 4 N–H and O–H groups in total. The highest BCUT2D eigenvalue weighted by molar-refractivity contribution is 5.67. The Balaban J connectivity index is 1.23. The van der Waals surface area contributed by atoms with Crippen LogP contribution in [0.25, 0.3) is 0 Å². The van der Waals surface area contributed by atoms with Crippen LogP contribution in [0.5, 0.6) is 0 Å². The van der Waals surface area contributed by atoms with Gasteiger partial charge in [-0.1, -0.05) is 65.0 Å². The number of alkyl carbamates (subject to hydrolysis) is 1. The minimum atomic E-state index is -0.916. The summed E-state index contributed by atoms with van der Waals surface area (Å²) < 4.78 is 5.32. The number of amides is 1. The van der Waals surface area contributed by atoms with Gasteiger partial charge in [0.25, 0.3) is 0 Å². The molecule has 4 saturated carbocycles. The number of benzene rings is 1. The first-order valence-corrected chi connectivity index (χ1v) is 16.2. The van der Waals surface area contributed by atoms with E-state index >= 15 is 0 Å². The fourth-order valence-electron chi connectivity index (χ4n) is 11.0. The molecule has 6 heteroatoms. The summed E-state index contributed by atoms with van der Waals surface area (Å²) in [6.07, 6.45) is 6.94. The molecule has 10 atom stereocenters. The van der Waals surface area contributed by atoms with E-state index in [0.29, 0.717) is 31.2 Å². The van der Waals surface area contributed by atoms with Crippen molar-refractivity contribution in [2.24, 2.45) is 45.3 Å². The van der Waals surface area contributed by atoms with E-state index in [4.69, 9.17) is 4.74 Å². The lowest BCUT2D eigenvalue weighted by Gasteiger charge is -2.70. The van der Waals surface area contributed by atoms with Crippen molar-refractivity contribution < 1.29 is 24.9 Å². The number of nitrogens with one attached hydrogen (secondary N) is 1. The van der Waals surface area contributed by atoms with Crippen LogP contribution in [-0.4, -0.2) is 45.8 Å². The maximum Gasteiger partial charge on any atom is 0.407 e. The number of hydrogen-bond donors (Lipinski definition) is 4. The summed E-state index contributed by atoms with van der Waals surface area (Å²) in [5.41, 5.74) is 0.0736. The number of aliphatic hydroxyl groups excluding tert-OH is 2. The Morgan fingerprint density at radius 1 is 0.976 bits per heavy atom. The largest absolute Gasteiger partial charge is 0.445 e. The first kappa shape index (κ1) is 30.8. The smallest absolute Gasteiger partial charge is 0.407 e. The Morgan fingerprint density at radius 3 is 2.37 bits per heavy atom. The standard InChI is InChI=1S/C35H55NO5/c1-31(2)26-14-19-33(4)27(32(26,3)17-15-28(31)38)21-25(37)29-24(13-18-34(29,33)5)35(6,40)16-10-20-36-30(39)41-22-23-11-8-7-9-12-23/h7-9,11-12,24-29,37-38,40H,10,13-22H2,1-6H3,(H,36,39)/t24-,25+,26?,27?,28-,29?,32-,33+,34+,35-/m0/s1. The molecule has 41 heavy (non-hydrogen) atoms. The molecule has 0 aliphatic heterocycles. The monoisotopic (exact) mass is 569 g/mol. The van der Waals surface area contributed by atoms with Gasteiger partial charge in [-0.25, -0.2) is 4.79 Å². The summed E-state index contributed by atoms with van der Waals surface area (Å²) in [6, 6.07) is 9.62. The lowest BCUT2D eigenvalue weighted by molar-refractivity contribution is -0.246. The highest BCUT2D eigenvalue weighted by Crippen LogP contribution is 2.75. The van der Waals surface area contributed by atoms with Gasteiger partial charge in [0.2, 0.25) is 0 Å². The molecule has 0 bridgehead atoms. The molecule has 0 heterocycles. The fourth-order valence-corrected chi connectivity index (χ4v) is 11.0. The van der Waals surface area contributed by atoms with Crippen LogP contribution in [0.4, 0.5) is 4.79 Å². The number of carbonyl (C=O) groups excluding carboxylic acids is 1. The molecule has 0 aromatic heterocycles. The van der Waals surface area contributed by atoms with Crippen LogP contribution in [0.3, 0.4) is 0 Å². The molecule has 1 aromatic carbocycles. The van der Waals surface area contributed by atoms with Crippen molar-refractivity contribution >= 4 is 6.09 Å². The summed E-state index contributed by atoms with van der Waals surface area (Å²) in [7, 11) is 0. The SMILES string of the molecule is CC1(C)C2CC[C@]3(C)C(C[C@@H](O)C4[C@@H]([C@@](C)(O)CCCNC(=O)OCc5ccccc5)CC[C@]43C)[C@@]2(C)CC[C@@H]1O. The van der Waals surface area contributed by atoms with Gasteiger partial charge in [-0.3, -0.25) is 0 Å². The number of ether oxygens (including phenoxy) is 1. The van der Waals surface area contributed by atoms with Gasteiger partial charge in [-0.2, -0.15) is 0 Å². The Kier molecular flexibility index (Phi) is 8.13. The molecule has 1 amide bonds. The van der Waals surface area contributed by atoms with Crippen LogP contribution >= 0.6 is 0 Å². The van der Waals surface area contributed by atoms with E-state index in [0.717, 1.165) is 50.5 Å². The van der Waals surface area contributed by atoms with Crippen LogP contribution in [0.15, 0.2) is 30.3 Å². The van der Waals surface area contributed by atoms with E-state index in [-0.39, 0.29) is 46.2 Å². The summed E-state index contributed by atoms with van der Waals surface area (Å²) in [5, 5.41) is 37.5. The van der Waals surface area contributed by atoms with E-state index < -0.39 is 17.8 Å². The lowest BCUT2D eigenvalue weighted by atomic mass is 9.35. The summed E-state index contributed by atoms with van der Waals surface area (Å²) in [5.74, 6) is 0.952. The van der Waals surface area contributed by atoms with Crippen LogP contribution in [-0.2, 0) is 11.3 Å². The summed E-state index contributed by atoms with van der Waals surface area (Å²) >= 11 is 0. The van der Waals surface area contributed by atoms with Crippen molar-refractivity contribution in [3.05, 3.63) is 35.9 Å². The van der Waals surface area contributed by atoms with Crippen molar-refractivity contribution in [3.63, 3.8) is 0 Å². The predicted molar refractivity (Wildman–Crippen MR) is 161 cm³/mol. The minimum Gasteiger partial charge on any atom is -0.445 e. The lowest BCUT2D eigenvalue weighted by Crippen LogP contribution is -2.66. The van der Waals surface area contributed by atoms with Crippen molar-refractivity contribution in [2.45, 2.75) is 124 Å². The average Bonchev–Trinajstić information content (AvgIpc) is 3.31. The number of carbonyl (C=O) groups is 1. The molecule has 4 fully saturated rings. The quantitative estimate of drug-likeness (QED) is 0.283. The second-order valence-electron chi connectivity index (χ2n) is 15.8. The predicted octanol–water partition coefficient (Wildman–Crippen LogP) is 6.46. The van der Waals surface area contributed by atoms with Crippen molar-refractivity contribution in [1.82, 2.24) is 5.32 Å². The molecule has 0 radical (unpaired) electrons. The van der Waals surface area contributed by atoms with Gasteiger partial charge in [0.15, 0.2) is 0 Å². The van der Waals surface area contributed by atoms with Crippen LogP contribution in [0.1, 0.15) is 105 Å². The molecular weight excluding hydrogens is 514 g/mol. The zero-order valence-electron chi connectivity index (χ0n) is 26.3. The molecule has 0 saturated heterocycles. The molecule has 5 rings (SSSR count). The maximum absolute atomic E-state index is 12.2. The molecular formula is C35H55NO5. The summed E-state index contributed by atoms with van der Waals surface area (Å²) in [6.45, 7) is 14.5. The number of hydrogen-bond acceptors (Lipinski definition) is 5. The second-order valence-corrected chi connectivity index (χ2v) is 15.8. The highest BCUT2D eigenvalue weighted by Gasteiger charge is 2.71. The summed E-state index contributed by atoms with van der Waals surface area (Å²) in [4.78, 5) is 12.2. The number of fused-ring (bicyclic) bond motifs is 5. The Labute approximate surface area is 247 Å². The van der Waals surface area contributed by atoms with E-state index in [1.54, 1.807) is 0 Å². The van der Waals surface area contributed by atoms with Crippen molar-refractivity contribution in [2.75, 3.05) is 6.54 Å². The van der Waals surface area contributed by atoms with Crippen molar-refractivity contribution in [1.29, 1.82) is 0 Å². The molecule has 6 nitrogen and oxygen atoms in total. The van der Waals surface area contributed by atoms with Gasteiger partial charge in [0, 0.05) is 6.54 Å². The third-order valence-electron chi connectivity index (χ3n) is 13.5. The fraction of sp³-hybridized carbons (Fsp3) is 0.800. The van der Waals surface area contributed by atoms with E-state index in [1.165, 1.54) is 0 Å². The van der Waals surface area contributed by atoms with E-state index in [2.05, 4.69) is 39.9 Å². The topological polar surface area (TPSA) is 99.0 Å². The minimum absolute atomic E-state index is 0.0282. The molecule has 4 aliphatic carbocycles. The Hall–Kier alpha value is -1.63. The zero-order valence-corrected chi connectivity index (χ0v) is 26.3. The Morgan fingerprint density at radius 2 is 1.66 bits per heavy atom. The highest BCUT2D eigenvalue weighted by atomic mass is 16.5. The van der Waals surface area contributed by atoms with Crippen LogP contribution < -0.4 is 5.32 Å². The van der Waals surface area contributed by atoms with Gasteiger partial charge < -0.3 is 25.4 Å². The maximum atomic E-state index is 12.2. The molecule has 4 aliphatic rings. The molecule has 3 unspecified atom stereocenters. The van der Waals surface area contributed by atoms with Gasteiger partial charge in [0.05, 0.1) is 17.8 Å². The van der Waals surface area contributed by atoms with E-state index in [9.17, 15) is 20.1 Å². The first-order chi connectivity index (χ1) is 19.2. The van der Waals surface area contributed by atoms with Gasteiger partial charge in [0.1, 0.15) is 6.61 Å². The number of aliphatic hydroxyl groups is 3. The first-order valence-electron chi connectivity index (χ1n) is 16.2. The Bertz CT molecular complexity index is 1090. The van der Waals surface area contributed by atoms with Crippen LogP contribution in [0, 0.1) is 45.3 Å². The third kappa shape index (κ3) is 5.04. The third-order valence-corrected chi connectivity index (χ3v) is 13.5. The second kappa shape index (κ2) is 10.8. The normalized spacial score (nSPS) is 42.8.